The van der Waals surface area contributed by atoms with E-state index in [-0.39, 0.29) is 36.2 Å². The summed E-state index contributed by atoms with van der Waals surface area (Å²) in [5.41, 5.74) is 6.82. The standard InChI is InChI=1S/C17H27N3O3.ClH/c1-4-23-10-6-9-19-17(22)14-7-5-8-15(11-14)20-16(21)12(2)13(3)18;/h5,7-8,11-13H,4,6,9-10,18H2,1-3H3,(H,19,22)(H,20,21);1H. The maximum absolute atomic E-state index is 12.1. The Morgan fingerprint density at radius 3 is 2.62 bits per heavy atom. The summed E-state index contributed by atoms with van der Waals surface area (Å²) in [6.07, 6.45) is 0.766. The molecule has 0 saturated carbocycles. The van der Waals surface area contributed by atoms with Gasteiger partial charge in [-0.2, -0.15) is 0 Å². The minimum absolute atomic E-state index is 0. The first kappa shape index (κ1) is 22.4. The van der Waals surface area contributed by atoms with Gasteiger partial charge < -0.3 is 21.1 Å². The van der Waals surface area contributed by atoms with Crippen LogP contribution in [-0.2, 0) is 9.53 Å². The molecule has 0 radical (unpaired) electrons. The summed E-state index contributed by atoms with van der Waals surface area (Å²) < 4.78 is 5.22. The first-order valence-electron chi connectivity index (χ1n) is 7.98. The van der Waals surface area contributed by atoms with E-state index in [2.05, 4.69) is 10.6 Å². The van der Waals surface area contributed by atoms with Gasteiger partial charge in [-0.05, 0) is 38.5 Å². The lowest BCUT2D eigenvalue weighted by Crippen LogP contribution is -2.34. The van der Waals surface area contributed by atoms with Crippen LogP contribution in [-0.4, -0.2) is 37.6 Å². The van der Waals surface area contributed by atoms with Gasteiger partial charge in [-0.15, -0.1) is 12.4 Å². The third kappa shape index (κ3) is 7.77. The van der Waals surface area contributed by atoms with E-state index in [0.717, 1.165) is 6.42 Å². The van der Waals surface area contributed by atoms with Crippen molar-refractivity contribution < 1.29 is 14.3 Å². The normalized spacial score (nSPS) is 12.7. The smallest absolute Gasteiger partial charge is 0.251 e. The van der Waals surface area contributed by atoms with Gasteiger partial charge in [0.25, 0.3) is 5.91 Å². The zero-order valence-corrected chi connectivity index (χ0v) is 15.3. The molecule has 4 N–H and O–H groups in total. The summed E-state index contributed by atoms with van der Waals surface area (Å²) in [6.45, 7) is 7.35. The molecule has 0 spiro atoms. The molecule has 6 nitrogen and oxygen atoms in total. The zero-order valence-electron chi connectivity index (χ0n) is 14.5. The van der Waals surface area contributed by atoms with Crippen molar-refractivity contribution >= 4 is 29.9 Å². The molecular formula is C17H28ClN3O3. The Labute approximate surface area is 149 Å². The molecule has 1 aromatic carbocycles. The van der Waals surface area contributed by atoms with E-state index in [1.165, 1.54) is 0 Å². The second-order valence-corrected chi connectivity index (χ2v) is 5.52. The van der Waals surface area contributed by atoms with Crippen molar-refractivity contribution in [3.8, 4) is 0 Å². The van der Waals surface area contributed by atoms with Crippen LogP contribution >= 0.6 is 12.4 Å². The molecule has 0 heterocycles. The number of hydrogen-bond acceptors (Lipinski definition) is 4. The van der Waals surface area contributed by atoms with Crippen LogP contribution in [0, 0.1) is 5.92 Å². The highest BCUT2D eigenvalue weighted by molar-refractivity contribution is 5.97. The molecule has 0 saturated heterocycles. The van der Waals surface area contributed by atoms with Gasteiger partial charge in [-0.25, -0.2) is 0 Å². The second-order valence-electron chi connectivity index (χ2n) is 5.52. The van der Waals surface area contributed by atoms with Gasteiger partial charge in [-0.1, -0.05) is 13.0 Å². The van der Waals surface area contributed by atoms with Crippen molar-refractivity contribution in [2.24, 2.45) is 11.7 Å². The third-order valence-corrected chi connectivity index (χ3v) is 3.55. The molecule has 0 bridgehead atoms. The van der Waals surface area contributed by atoms with E-state index in [1.54, 1.807) is 38.1 Å². The van der Waals surface area contributed by atoms with Gasteiger partial charge in [0.2, 0.25) is 5.91 Å². The molecular weight excluding hydrogens is 330 g/mol. The number of anilines is 1. The van der Waals surface area contributed by atoms with Crippen molar-refractivity contribution in [1.29, 1.82) is 0 Å². The number of nitrogens with one attached hydrogen (secondary N) is 2. The Bertz CT molecular complexity index is 524. The van der Waals surface area contributed by atoms with Crippen molar-refractivity contribution in [3.05, 3.63) is 29.8 Å². The number of carbonyl (C=O) groups is 2. The highest BCUT2D eigenvalue weighted by Gasteiger charge is 2.17. The van der Waals surface area contributed by atoms with E-state index in [4.69, 9.17) is 10.5 Å². The van der Waals surface area contributed by atoms with E-state index in [1.807, 2.05) is 6.92 Å². The van der Waals surface area contributed by atoms with Crippen molar-refractivity contribution in [2.45, 2.75) is 33.2 Å². The summed E-state index contributed by atoms with van der Waals surface area (Å²) in [6, 6.07) is 6.62. The fourth-order valence-corrected chi connectivity index (χ4v) is 1.86. The minimum atomic E-state index is -0.300. The first-order chi connectivity index (χ1) is 11.0. The van der Waals surface area contributed by atoms with Gasteiger partial charge in [0.05, 0.1) is 5.92 Å². The number of nitrogens with two attached hydrogens (primary N) is 1. The molecule has 7 heteroatoms. The zero-order chi connectivity index (χ0) is 17.2. The van der Waals surface area contributed by atoms with Crippen LogP contribution < -0.4 is 16.4 Å². The topological polar surface area (TPSA) is 93.5 Å². The summed E-state index contributed by atoms with van der Waals surface area (Å²) >= 11 is 0. The summed E-state index contributed by atoms with van der Waals surface area (Å²) in [7, 11) is 0. The Morgan fingerprint density at radius 2 is 2.00 bits per heavy atom. The first-order valence-corrected chi connectivity index (χ1v) is 7.98. The van der Waals surface area contributed by atoms with Crippen molar-refractivity contribution in [2.75, 3.05) is 25.1 Å². The SMILES string of the molecule is CCOCCCNC(=O)c1cccc(NC(=O)C(C)C(C)N)c1.Cl. The van der Waals surface area contributed by atoms with E-state index >= 15 is 0 Å². The second kappa shape index (κ2) is 11.8. The van der Waals surface area contributed by atoms with E-state index in [0.29, 0.717) is 31.0 Å². The van der Waals surface area contributed by atoms with Crippen LogP contribution in [0.5, 0.6) is 0 Å². The fraction of sp³-hybridized carbons (Fsp3) is 0.529. The number of carbonyl (C=O) groups excluding carboxylic acids is 2. The molecule has 2 amide bonds. The van der Waals surface area contributed by atoms with Gasteiger partial charge in [0.1, 0.15) is 0 Å². The van der Waals surface area contributed by atoms with Crippen LogP contribution in [0.15, 0.2) is 24.3 Å². The predicted molar refractivity (Wildman–Crippen MR) is 98.6 cm³/mol. The Balaban J connectivity index is 0.00000529. The molecule has 0 fully saturated rings. The van der Waals surface area contributed by atoms with Gasteiger partial charge in [0.15, 0.2) is 0 Å². The van der Waals surface area contributed by atoms with Crippen LogP contribution in [0.3, 0.4) is 0 Å². The Hall–Kier alpha value is -1.63. The van der Waals surface area contributed by atoms with Crippen LogP contribution in [0.4, 0.5) is 5.69 Å². The maximum atomic E-state index is 12.1. The lowest BCUT2D eigenvalue weighted by atomic mass is 10.0. The van der Waals surface area contributed by atoms with E-state index in [9.17, 15) is 9.59 Å². The van der Waals surface area contributed by atoms with Crippen LogP contribution in [0.2, 0.25) is 0 Å². The average molecular weight is 358 g/mol. The summed E-state index contributed by atoms with van der Waals surface area (Å²) in [5, 5.41) is 5.61. The third-order valence-electron chi connectivity index (χ3n) is 3.55. The molecule has 1 aromatic rings. The fourth-order valence-electron chi connectivity index (χ4n) is 1.86. The highest BCUT2D eigenvalue weighted by Crippen LogP contribution is 2.13. The van der Waals surface area contributed by atoms with Gasteiger partial charge >= 0.3 is 0 Å². The number of amides is 2. The Kier molecular flexibility index (Phi) is 11.0. The number of halogens is 1. The summed E-state index contributed by atoms with van der Waals surface area (Å²) in [4.78, 5) is 24.1. The monoisotopic (exact) mass is 357 g/mol. The molecule has 0 aliphatic heterocycles. The molecule has 0 aliphatic rings. The number of ether oxygens (including phenoxy) is 1. The number of rotatable bonds is 9. The lowest BCUT2D eigenvalue weighted by molar-refractivity contribution is -0.119. The minimum Gasteiger partial charge on any atom is -0.382 e. The molecule has 24 heavy (non-hydrogen) atoms. The van der Waals surface area contributed by atoms with E-state index < -0.39 is 0 Å². The number of benzene rings is 1. The molecule has 136 valence electrons. The van der Waals surface area contributed by atoms with Crippen molar-refractivity contribution in [1.82, 2.24) is 5.32 Å². The molecule has 2 atom stereocenters. The molecule has 0 aromatic heterocycles. The quantitative estimate of drug-likeness (QED) is 0.590. The average Bonchev–Trinajstić information content (AvgIpc) is 2.53. The number of hydrogen-bond donors (Lipinski definition) is 3. The van der Waals surface area contributed by atoms with Crippen molar-refractivity contribution in [3.63, 3.8) is 0 Å². The molecule has 1 rings (SSSR count). The van der Waals surface area contributed by atoms with Gasteiger partial charge in [-0.3, -0.25) is 9.59 Å². The lowest BCUT2D eigenvalue weighted by Gasteiger charge is -2.15. The predicted octanol–water partition coefficient (Wildman–Crippen LogP) is 2.19. The molecule has 0 aliphatic carbocycles. The highest BCUT2D eigenvalue weighted by atomic mass is 35.5. The van der Waals surface area contributed by atoms with Gasteiger partial charge in [0, 0.05) is 37.1 Å². The summed E-state index contributed by atoms with van der Waals surface area (Å²) in [5.74, 6) is -0.627. The van der Waals surface area contributed by atoms with Crippen LogP contribution in [0.25, 0.3) is 0 Å². The largest absolute Gasteiger partial charge is 0.382 e. The molecule has 2 unspecified atom stereocenters. The maximum Gasteiger partial charge on any atom is 0.251 e. The van der Waals surface area contributed by atoms with Crippen LogP contribution in [0.1, 0.15) is 37.6 Å². The Morgan fingerprint density at radius 1 is 1.29 bits per heavy atom.